The molecule has 2 aliphatic carbocycles. The predicted octanol–water partition coefficient (Wildman–Crippen LogP) is 3.63. The average Bonchev–Trinajstić information content (AvgIpc) is 3.42. The number of carboxylic acids is 1. The maximum absolute atomic E-state index is 13.1. The highest BCUT2D eigenvalue weighted by atomic mass is 16.5. The predicted molar refractivity (Wildman–Crippen MR) is 104 cm³/mol. The lowest BCUT2D eigenvalue weighted by Crippen LogP contribution is -2.25. The quantitative estimate of drug-likeness (QED) is 0.826. The van der Waals surface area contributed by atoms with Gasteiger partial charge in [-0.2, -0.15) is 0 Å². The van der Waals surface area contributed by atoms with E-state index in [4.69, 9.17) is 9.47 Å². The van der Waals surface area contributed by atoms with E-state index in [1.54, 1.807) is 0 Å². The van der Waals surface area contributed by atoms with Crippen LogP contribution in [-0.4, -0.2) is 31.2 Å². The second-order valence-electron chi connectivity index (χ2n) is 7.48. The Morgan fingerprint density at radius 2 is 1.96 bits per heavy atom. The van der Waals surface area contributed by atoms with Crippen LogP contribution < -0.4 is 14.8 Å². The zero-order valence-electron chi connectivity index (χ0n) is 16.0. The number of nitrogens with one attached hydrogen (secondary N) is 1. The lowest BCUT2D eigenvalue weighted by Gasteiger charge is -2.26. The molecule has 4 rings (SSSR count). The van der Waals surface area contributed by atoms with E-state index in [0.29, 0.717) is 11.4 Å². The molecule has 1 saturated carbocycles. The summed E-state index contributed by atoms with van der Waals surface area (Å²) in [5, 5.41) is 12.2. The van der Waals surface area contributed by atoms with E-state index in [1.807, 2.05) is 12.1 Å². The molecule has 1 spiro atoms. The number of carbonyl (C=O) groups excluding carboxylic acids is 1. The average molecular weight is 381 g/mol. The van der Waals surface area contributed by atoms with Crippen LogP contribution in [0.1, 0.15) is 40.7 Å². The lowest BCUT2D eigenvalue weighted by atomic mass is 9.78. The zero-order chi connectivity index (χ0) is 19.9. The summed E-state index contributed by atoms with van der Waals surface area (Å²) in [6, 6.07) is 11.1. The first-order valence-electron chi connectivity index (χ1n) is 9.38. The van der Waals surface area contributed by atoms with Crippen molar-refractivity contribution < 1.29 is 24.2 Å². The smallest absolute Gasteiger partial charge is 0.335 e. The maximum Gasteiger partial charge on any atom is 0.335 e. The fourth-order valence-corrected chi connectivity index (χ4v) is 4.58. The first kappa shape index (κ1) is 18.3. The Morgan fingerprint density at radius 3 is 2.68 bits per heavy atom. The first-order valence-corrected chi connectivity index (χ1v) is 9.38. The molecular formula is C22H23NO5. The molecule has 6 heteroatoms. The van der Waals surface area contributed by atoms with Crippen LogP contribution in [-0.2, 0) is 16.6 Å². The molecule has 2 aromatic carbocycles. The van der Waals surface area contributed by atoms with Gasteiger partial charge in [0.05, 0.1) is 25.5 Å². The van der Waals surface area contributed by atoms with Gasteiger partial charge in [0.2, 0.25) is 5.91 Å². The number of carboxylic acid groups (broad SMARTS) is 1. The van der Waals surface area contributed by atoms with E-state index in [2.05, 4.69) is 17.4 Å². The van der Waals surface area contributed by atoms with Crippen LogP contribution in [0.5, 0.6) is 11.5 Å². The highest BCUT2D eigenvalue weighted by Gasteiger charge is 2.60. The number of aromatic carboxylic acids is 1. The SMILES string of the molecule is COc1cc(C(=O)O)cc(NC(=O)C2CC23CCCc2ccccc23)c1OC. The summed E-state index contributed by atoms with van der Waals surface area (Å²) < 4.78 is 10.6. The molecule has 2 aliphatic rings. The van der Waals surface area contributed by atoms with Gasteiger partial charge < -0.3 is 19.9 Å². The standard InChI is InChI=1S/C22H23NO5/c1-27-18-11-14(21(25)26)10-17(19(18)28-2)23-20(24)16-12-22(16)9-5-7-13-6-3-4-8-15(13)22/h3-4,6,8,10-11,16H,5,7,9,12H2,1-2H3,(H,23,24)(H,25,26). The molecule has 0 aliphatic heterocycles. The molecule has 2 aromatic rings. The van der Waals surface area contributed by atoms with Crippen LogP contribution in [0.2, 0.25) is 0 Å². The molecule has 0 radical (unpaired) electrons. The molecule has 0 bridgehead atoms. The largest absolute Gasteiger partial charge is 0.493 e. The second kappa shape index (κ2) is 6.86. The highest BCUT2D eigenvalue weighted by Crippen LogP contribution is 2.60. The van der Waals surface area contributed by atoms with Gasteiger partial charge in [-0.15, -0.1) is 0 Å². The summed E-state index contributed by atoms with van der Waals surface area (Å²) in [6.45, 7) is 0. The molecule has 146 valence electrons. The maximum atomic E-state index is 13.1. The Labute approximate surface area is 163 Å². The van der Waals surface area contributed by atoms with Crippen molar-refractivity contribution >= 4 is 17.6 Å². The number of methoxy groups -OCH3 is 2. The third-order valence-electron chi connectivity index (χ3n) is 6.00. The monoisotopic (exact) mass is 381 g/mol. The Balaban J connectivity index is 1.62. The number of amides is 1. The van der Waals surface area contributed by atoms with E-state index < -0.39 is 5.97 Å². The summed E-state index contributed by atoms with van der Waals surface area (Å²) in [5.74, 6) is -0.746. The van der Waals surface area contributed by atoms with Crippen molar-refractivity contribution in [3.63, 3.8) is 0 Å². The molecule has 2 unspecified atom stereocenters. The number of benzene rings is 2. The Bertz CT molecular complexity index is 954. The molecule has 1 amide bonds. The molecular weight excluding hydrogens is 358 g/mol. The van der Waals surface area contributed by atoms with Crippen LogP contribution in [0.4, 0.5) is 5.69 Å². The molecule has 28 heavy (non-hydrogen) atoms. The molecule has 0 heterocycles. The highest BCUT2D eigenvalue weighted by molar-refractivity contribution is 6.00. The topological polar surface area (TPSA) is 84.9 Å². The number of hydrogen-bond donors (Lipinski definition) is 2. The van der Waals surface area contributed by atoms with Crippen molar-refractivity contribution in [2.45, 2.75) is 31.1 Å². The fraction of sp³-hybridized carbons (Fsp3) is 0.364. The van der Waals surface area contributed by atoms with Crippen LogP contribution in [0.3, 0.4) is 0 Å². The van der Waals surface area contributed by atoms with E-state index in [0.717, 1.165) is 25.7 Å². The van der Waals surface area contributed by atoms with Gasteiger partial charge in [-0.05, 0) is 48.9 Å². The van der Waals surface area contributed by atoms with Gasteiger partial charge in [-0.1, -0.05) is 24.3 Å². The molecule has 2 atom stereocenters. The second-order valence-corrected chi connectivity index (χ2v) is 7.48. The summed E-state index contributed by atoms with van der Waals surface area (Å²) in [7, 11) is 2.90. The third-order valence-corrected chi connectivity index (χ3v) is 6.00. The summed E-state index contributed by atoms with van der Waals surface area (Å²) in [6.07, 6.45) is 3.94. The molecule has 6 nitrogen and oxygen atoms in total. The molecule has 1 fully saturated rings. The van der Waals surface area contributed by atoms with E-state index >= 15 is 0 Å². The van der Waals surface area contributed by atoms with Crippen LogP contribution in [0, 0.1) is 5.92 Å². The molecule has 2 N–H and O–H groups in total. The van der Waals surface area contributed by atoms with Crippen molar-refractivity contribution in [2.24, 2.45) is 5.92 Å². The van der Waals surface area contributed by atoms with Gasteiger partial charge in [-0.25, -0.2) is 4.79 Å². The van der Waals surface area contributed by atoms with Crippen LogP contribution >= 0.6 is 0 Å². The Morgan fingerprint density at radius 1 is 1.18 bits per heavy atom. The Hall–Kier alpha value is -3.02. The van der Waals surface area contributed by atoms with Gasteiger partial charge in [0.1, 0.15) is 0 Å². The van der Waals surface area contributed by atoms with Gasteiger partial charge >= 0.3 is 5.97 Å². The van der Waals surface area contributed by atoms with Crippen molar-refractivity contribution in [1.29, 1.82) is 0 Å². The number of aryl methyl sites for hydroxylation is 1. The van der Waals surface area contributed by atoms with Crippen molar-refractivity contribution in [3.05, 3.63) is 53.1 Å². The number of rotatable bonds is 5. The van der Waals surface area contributed by atoms with Gasteiger partial charge in [0.25, 0.3) is 0 Å². The van der Waals surface area contributed by atoms with E-state index in [9.17, 15) is 14.7 Å². The number of ether oxygens (including phenoxy) is 2. The normalized spacial score (nSPS) is 22.3. The van der Waals surface area contributed by atoms with Crippen LogP contribution in [0.25, 0.3) is 0 Å². The fourth-order valence-electron chi connectivity index (χ4n) is 4.58. The van der Waals surface area contributed by atoms with Crippen molar-refractivity contribution in [2.75, 3.05) is 19.5 Å². The van der Waals surface area contributed by atoms with E-state index in [1.165, 1.54) is 37.5 Å². The minimum Gasteiger partial charge on any atom is -0.493 e. The number of carbonyl (C=O) groups is 2. The molecule has 0 aromatic heterocycles. The summed E-state index contributed by atoms with van der Waals surface area (Å²) in [4.78, 5) is 24.5. The van der Waals surface area contributed by atoms with Gasteiger partial charge in [0.15, 0.2) is 11.5 Å². The van der Waals surface area contributed by atoms with Gasteiger partial charge in [0, 0.05) is 11.3 Å². The van der Waals surface area contributed by atoms with E-state index in [-0.39, 0.29) is 28.6 Å². The van der Waals surface area contributed by atoms with Crippen LogP contribution in [0.15, 0.2) is 36.4 Å². The lowest BCUT2D eigenvalue weighted by molar-refractivity contribution is -0.117. The number of anilines is 1. The number of hydrogen-bond acceptors (Lipinski definition) is 4. The summed E-state index contributed by atoms with van der Waals surface area (Å²) >= 11 is 0. The zero-order valence-corrected chi connectivity index (χ0v) is 16.0. The summed E-state index contributed by atoms with van der Waals surface area (Å²) in [5.41, 5.74) is 2.86. The Kier molecular flexibility index (Phi) is 4.49. The minimum absolute atomic E-state index is 0.0291. The third kappa shape index (κ3) is 2.89. The van der Waals surface area contributed by atoms with Gasteiger partial charge in [-0.3, -0.25) is 4.79 Å². The first-order chi connectivity index (χ1) is 13.5. The van der Waals surface area contributed by atoms with Crippen molar-refractivity contribution in [3.8, 4) is 11.5 Å². The number of fused-ring (bicyclic) bond motifs is 2. The molecule has 0 saturated heterocycles. The minimum atomic E-state index is -1.10. The van der Waals surface area contributed by atoms with Crippen molar-refractivity contribution in [1.82, 2.24) is 0 Å².